The lowest BCUT2D eigenvalue weighted by atomic mass is 9.42. The number of hydrogen-bond donors (Lipinski definition) is 3. The number of rotatable bonds is 0. The summed E-state index contributed by atoms with van der Waals surface area (Å²) in [6, 6.07) is 0. The van der Waals surface area contributed by atoms with Crippen molar-refractivity contribution < 1.29 is 24.8 Å². The minimum atomic E-state index is -1.16. The third-order valence-corrected chi connectivity index (χ3v) is 12.1. The SMILES string of the molecule is C[C@@H]1CC[C@@]2(OC1)O[C@H]1C[C@H]3[C@@H]4C[C@H](O)[C@]5(O)C[C@@H](O)CC[C@]5(C)[C@H]4CC[C@]3(C)[C@H]1[C@@H]2C. The highest BCUT2D eigenvalue weighted by molar-refractivity contribution is 5.19. The summed E-state index contributed by atoms with van der Waals surface area (Å²) in [6.07, 6.45) is 7.08. The smallest absolute Gasteiger partial charge is 0.171 e. The highest BCUT2D eigenvalue weighted by atomic mass is 16.7. The maximum atomic E-state index is 11.7. The van der Waals surface area contributed by atoms with Gasteiger partial charge in [-0.2, -0.15) is 0 Å². The fourth-order valence-corrected chi connectivity index (χ4v) is 10.3. The second-order valence-corrected chi connectivity index (χ2v) is 13.4. The molecule has 5 nitrogen and oxygen atoms in total. The number of fused-ring (bicyclic) bond motifs is 7. The Morgan fingerprint density at radius 1 is 0.906 bits per heavy atom. The van der Waals surface area contributed by atoms with E-state index in [1.165, 1.54) is 12.8 Å². The molecule has 2 saturated heterocycles. The Balaban J connectivity index is 1.30. The van der Waals surface area contributed by atoms with Crippen LogP contribution in [0.5, 0.6) is 0 Å². The van der Waals surface area contributed by atoms with Gasteiger partial charge in [0.15, 0.2) is 5.79 Å². The van der Waals surface area contributed by atoms with Crippen molar-refractivity contribution in [2.24, 2.45) is 46.3 Å². The molecule has 2 aliphatic heterocycles. The first kappa shape index (κ1) is 22.3. The molecule has 1 spiro atoms. The Morgan fingerprint density at radius 3 is 2.41 bits per heavy atom. The number of aliphatic hydroxyl groups is 3. The number of ether oxygens (including phenoxy) is 2. The lowest BCUT2D eigenvalue weighted by Gasteiger charge is -2.65. The molecule has 6 aliphatic rings. The van der Waals surface area contributed by atoms with Crippen molar-refractivity contribution in [1.29, 1.82) is 0 Å². The molecule has 4 saturated carbocycles. The van der Waals surface area contributed by atoms with Crippen LogP contribution in [0.2, 0.25) is 0 Å². The molecule has 0 aromatic heterocycles. The van der Waals surface area contributed by atoms with Crippen molar-refractivity contribution >= 4 is 0 Å². The molecule has 0 unspecified atom stereocenters. The van der Waals surface area contributed by atoms with Crippen molar-refractivity contribution in [3.63, 3.8) is 0 Å². The molecule has 3 N–H and O–H groups in total. The van der Waals surface area contributed by atoms with Crippen molar-refractivity contribution in [2.75, 3.05) is 6.61 Å². The van der Waals surface area contributed by atoms with E-state index in [0.717, 1.165) is 38.7 Å². The number of hydrogen-bond acceptors (Lipinski definition) is 5. The fraction of sp³-hybridized carbons (Fsp3) is 1.00. The van der Waals surface area contributed by atoms with Gasteiger partial charge in [0.05, 0.1) is 30.5 Å². The summed E-state index contributed by atoms with van der Waals surface area (Å²) in [5.41, 5.74) is -1.26. The second-order valence-electron chi connectivity index (χ2n) is 13.4. The molecule has 6 rings (SSSR count). The van der Waals surface area contributed by atoms with Crippen molar-refractivity contribution in [2.45, 2.75) is 115 Å². The highest BCUT2D eigenvalue weighted by Crippen LogP contribution is 2.71. The van der Waals surface area contributed by atoms with Crippen LogP contribution in [0.3, 0.4) is 0 Å². The standard InChI is InChI=1S/C27H44O5/c1-15-5-10-27(31-14-15)16(2)23-21(32-27)12-20-18-11-22(29)26(30)13-17(28)6-9-25(26,4)19(18)7-8-24(20,23)3/h15-23,28-30H,5-14H2,1-4H3/t15-,16+,17+,18-,19+,20+,21+,22+,23+,24+,25-,26-,27-/m1/s1. The molecule has 0 amide bonds. The van der Waals surface area contributed by atoms with Crippen LogP contribution in [0, 0.1) is 46.3 Å². The van der Waals surface area contributed by atoms with E-state index in [0.29, 0.717) is 48.3 Å². The van der Waals surface area contributed by atoms with Crippen LogP contribution < -0.4 is 0 Å². The van der Waals surface area contributed by atoms with Crippen LogP contribution >= 0.6 is 0 Å². The van der Waals surface area contributed by atoms with E-state index in [2.05, 4.69) is 27.7 Å². The Kier molecular flexibility index (Phi) is 4.83. The molecule has 32 heavy (non-hydrogen) atoms. The highest BCUT2D eigenvalue weighted by Gasteiger charge is 2.71. The Morgan fingerprint density at radius 2 is 1.69 bits per heavy atom. The third kappa shape index (κ3) is 2.64. The first-order valence-corrected chi connectivity index (χ1v) is 13.4. The van der Waals surface area contributed by atoms with Crippen LogP contribution in [0.25, 0.3) is 0 Å². The summed E-state index contributed by atoms with van der Waals surface area (Å²) >= 11 is 0. The van der Waals surface area contributed by atoms with E-state index in [1.807, 2.05) is 0 Å². The molecule has 0 bridgehead atoms. The predicted molar refractivity (Wildman–Crippen MR) is 121 cm³/mol. The predicted octanol–water partition coefficient (Wildman–Crippen LogP) is 3.88. The van der Waals surface area contributed by atoms with E-state index in [4.69, 9.17) is 9.47 Å². The average Bonchev–Trinajstić information content (AvgIpc) is 3.18. The molecule has 0 radical (unpaired) electrons. The summed E-state index contributed by atoms with van der Waals surface area (Å²) in [5.74, 6) is 2.52. The zero-order chi connectivity index (χ0) is 22.7. The van der Waals surface area contributed by atoms with Crippen LogP contribution in [-0.2, 0) is 9.47 Å². The average molecular weight is 449 g/mol. The molecule has 2 heterocycles. The lowest BCUT2D eigenvalue weighted by molar-refractivity contribution is -0.279. The summed E-state index contributed by atoms with van der Waals surface area (Å²) in [4.78, 5) is 0. The second kappa shape index (κ2) is 6.94. The van der Waals surface area contributed by atoms with E-state index in [9.17, 15) is 15.3 Å². The summed E-state index contributed by atoms with van der Waals surface area (Å²) in [7, 11) is 0. The van der Waals surface area contributed by atoms with Gasteiger partial charge in [0, 0.05) is 24.2 Å². The Bertz CT molecular complexity index is 763. The lowest BCUT2D eigenvalue weighted by Crippen LogP contribution is -2.68. The molecule has 0 aromatic rings. The topological polar surface area (TPSA) is 79.2 Å². The largest absolute Gasteiger partial charge is 0.393 e. The van der Waals surface area contributed by atoms with Crippen molar-refractivity contribution in [3.8, 4) is 0 Å². The van der Waals surface area contributed by atoms with E-state index in [-0.39, 0.29) is 22.7 Å². The first-order valence-electron chi connectivity index (χ1n) is 13.4. The fourth-order valence-electron chi connectivity index (χ4n) is 10.3. The zero-order valence-corrected chi connectivity index (χ0v) is 20.4. The molecule has 13 atom stereocenters. The minimum absolute atomic E-state index is 0.209. The maximum absolute atomic E-state index is 11.7. The molecular weight excluding hydrogens is 404 g/mol. The minimum Gasteiger partial charge on any atom is -0.393 e. The summed E-state index contributed by atoms with van der Waals surface area (Å²) < 4.78 is 13.3. The van der Waals surface area contributed by atoms with Gasteiger partial charge in [0.2, 0.25) is 0 Å². The Hall–Kier alpha value is -0.200. The molecule has 182 valence electrons. The monoisotopic (exact) mass is 448 g/mol. The van der Waals surface area contributed by atoms with Gasteiger partial charge in [-0.3, -0.25) is 0 Å². The zero-order valence-electron chi connectivity index (χ0n) is 20.4. The van der Waals surface area contributed by atoms with Crippen LogP contribution in [-0.4, -0.2) is 51.6 Å². The Labute approximate surface area is 193 Å². The normalized spacial score (nSPS) is 64.0. The van der Waals surface area contributed by atoms with Crippen LogP contribution in [0.4, 0.5) is 0 Å². The van der Waals surface area contributed by atoms with Crippen LogP contribution in [0.1, 0.15) is 85.5 Å². The van der Waals surface area contributed by atoms with Gasteiger partial charge in [0.25, 0.3) is 0 Å². The van der Waals surface area contributed by atoms with Crippen LogP contribution in [0.15, 0.2) is 0 Å². The van der Waals surface area contributed by atoms with E-state index in [1.54, 1.807) is 0 Å². The molecule has 0 aromatic carbocycles. The molecule has 4 aliphatic carbocycles. The summed E-state index contributed by atoms with van der Waals surface area (Å²) in [6.45, 7) is 10.2. The van der Waals surface area contributed by atoms with Gasteiger partial charge in [-0.25, -0.2) is 0 Å². The molecule has 5 heteroatoms. The van der Waals surface area contributed by atoms with Gasteiger partial charge < -0.3 is 24.8 Å². The first-order chi connectivity index (χ1) is 15.0. The van der Waals surface area contributed by atoms with E-state index < -0.39 is 17.8 Å². The third-order valence-electron chi connectivity index (χ3n) is 12.1. The quantitative estimate of drug-likeness (QED) is 0.524. The van der Waals surface area contributed by atoms with Gasteiger partial charge >= 0.3 is 0 Å². The van der Waals surface area contributed by atoms with Crippen molar-refractivity contribution in [3.05, 3.63) is 0 Å². The van der Waals surface area contributed by atoms with E-state index >= 15 is 0 Å². The van der Waals surface area contributed by atoms with Gasteiger partial charge in [0.1, 0.15) is 0 Å². The van der Waals surface area contributed by atoms with Crippen molar-refractivity contribution in [1.82, 2.24) is 0 Å². The number of aliphatic hydroxyl groups excluding tert-OH is 2. The van der Waals surface area contributed by atoms with Gasteiger partial charge in [-0.1, -0.05) is 27.7 Å². The summed E-state index contributed by atoms with van der Waals surface area (Å²) in [5, 5.41) is 33.2. The molecular formula is C27H44O5. The molecule has 6 fully saturated rings. The van der Waals surface area contributed by atoms with Gasteiger partial charge in [-0.15, -0.1) is 0 Å². The van der Waals surface area contributed by atoms with Gasteiger partial charge in [-0.05, 0) is 80.0 Å². The maximum Gasteiger partial charge on any atom is 0.171 e.